The van der Waals surface area contributed by atoms with E-state index in [4.69, 9.17) is 22.1 Å². The Kier molecular flexibility index (Phi) is 3.86. The van der Waals surface area contributed by atoms with Gasteiger partial charge in [-0.1, -0.05) is 16.8 Å². The summed E-state index contributed by atoms with van der Waals surface area (Å²) in [5.74, 6) is 0.551. The molecule has 0 radical (unpaired) electrons. The number of benzene rings is 1. The van der Waals surface area contributed by atoms with Crippen molar-refractivity contribution in [2.75, 3.05) is 18.2 Å². The zero-order chi connectivity index (χ0) is 13.8. The molecule has 100 valence electrons. The minimum atomic E-state index is -0.258. The van der Waals surface area contributed by atoms with Gasteiger partial charge in [0.2, 0.25) is 5.91 Å². The Labute approximate surface area is 114 Å². The van der Waals surface area contributed by atoms with E-state index >= 15 is 0 Å². The molecule has 0 saturated heterocycles. The van der Waals surface area contributed by atoms with Gasteiger partial charge in [0, 0.05) is 5.69 Å². The summed E-state index contributed by atoms with van der Waals surface area (Å²) in [6.07, 6.45) is 1.47. The number of nitrogen functional groups attached to an aromatic ring is 1. The topological polar surface area (TPSA) is 95.1 Å². The number of anilines is 2. The minimum Gasteiger partial charge on any atom is -0.495 e. The average Bonchev–Trinajstić information content (AvgIpc) is 2.74. The number of amides is 1. The molecule has 0 unspecified atom stereocenters. The molecule has 1 aromatic carbocycles. The third kappa shape index (κ3) is 3.35. The maximum Gasteiger partial charge on any atom is 0.246 e. The molecule has 19 heavy (non-hydrogen) atoms. The molecule has 0 aliphatic carbocycles. The van der Waals surface area contributed by atoms with E-state index in [2.05, 4.69) is 15.6 Å². The molecule has 2 rings (SSSR count). The van der Waals surface area contributed by atoms with Crippen molar-refractivity contribution in [3.8, 4) is 5.75 Å². The number of halogens is 1. The van der Waals surface area contributed by atoms with E-state index in [9.17, 15) is 4.79 Å². The second kappa shape index (κ2) is 5.57. The van der Waals surface area contributed by atoms with Gasteiger partial charge >= 0.3 is 0 Å². The Bertz CT molecular complexity index is 599. The Hall–Kier alpha value is -2.28. The van der Waals surface area contributed by atoms with Crippen molar-refractivity contribution in [1.29, 1.82) is 0 Å². The van der Waals surface area contributed by atoms with Gasteiger partial charge < -0.3 is 15.8 Å². The van der Waals surface area contributed by atoms with E-state index in [0.29, 0.717) is 16.5 Å². The van der Waals surface area contributed by atoms with Crippen molar-refractivity contribution in [2.45, 2.75) is 6.54 Å². The number of nitrogens with zero attached hydrogens (tertiary/aromatic N) is 3. The van der Waals surface area contributed by atoms with E-state index in [1.54, 1.807) is 18.2 Å². The first-order chi connectivity index (χ1) is 9.08. The molecule has 0 aliphatic heterocycles. The van der Waals surface area contributed by atoms with Crippen LogP contribution in [0.2, 0.25) is 5.02 Å². The first-order valence-electron chi connectivity index (χ1n) is 5.37. The van der Waals surface area contributed by atoms with Crippen LogP contribution < -0.4 is 15.8 Å². The molecule has 8 heteroatoms. The first kappa shape index (κ1) is 13.2. The molecule has 0 spiro atoms. The van der Waals surface area contributed by atoms with Crippen molar-refractivity contribution in [2.24, 2.45) is 0 Å². The number of hydrogen-bond acceptors (Lipinski definition) is 5. The lowest BCUT2D eigenvalue weighted by molar-refractivity contribution is -0.116. The highest BCUT2D eigenvalue weighted by Crippen LogP contribution is 2.27. The number of ether oxygens (including phenoxy) is 1. The summed E-state index contributed by atoms with van der Waals surface area (Å²) in [6.45, 7) is 0.0217. The van der Waals surface area contributed by atoms with Crippen LogP contribution in [0.3, 0.4) is 0 Å². The van der Waals surface area contributed by atoms with Gasteiger partial charge in [0.15, 0.2) is 5.82 Å². The summed E-state index contributed by atoms with van der Waals surface area (Å²) >= 11 is 5.96. The average molecular weight is 282 g/mol. The van der Waals surface area contributed by atoms with E-state index in [1.165, 1.54) is 18.0 Å². The van der Waals surface area contributed by atoms with Gasteiger partial charge in [-0.2, -0.15) is 0 Å². The van der Waals surface area contributed by atoms with Crippen molar-refractivity contribution >= 4 is 29.0 Å². The van der Waals surface area contributed by atoms with Crippen molar-refractivity contribution in [1.82, 2.24) is 15.0 Å². The van der Waals surface area contributed by atoms with E-state index in [-0.39, 0.29) is 18.3 Å². The number of nitrogens with two attached hydrogens (primary N) is 1. The second-order valence-electron chi connectivity index (χ2n) is 3.74. The van der Waals surface area contributed by atoms with Gasteiger partial charge in [-0.3, -0.25) is 4.79 Å². The number of hydrogen-bond donors (Lipinski definition) is 2. The molecule has 0 bridgehead atoms. The fourth-order valence-electron chi connectivity index (χ4n) is 1.48. The summed E-state index contributed by atoms with van der Waals surface area (Å²) < 4.78 is 6.37. The zero-order valence-corrected chi connectivity index (χ0v) is 10.9. The van der Waals surface area contributed by atoms with Crippen LogP contribution in [-0.4, -0.2) is 28.0 Å². The molecule has 0 saturated carbocycles. The molecule has 0 fully saturated rings. The number of carbonyl (C=O) groups is 1. The van der Waals surface area contributed by atoms with Crippen LogP contribution in [-0.2, 0) is 11.3 Å². The lowest BCUT2D eigenvalue weighted by Crippen LogP contribution is -2.19. The van der Waals surface area contributed by atoms with Crippen molar-refractivity contribution in [3.05, 3.63) is 29.4 Å². The smallest absolute Gasteiger partial charge is 0.246 e. The molecule has 2 aromatic rings. The van der Waals surface area contributed by atoms with Crippen LogP contribution >= 0.6 is 11.6 Å². The monoisotopic (exact) mass is 281 g/mol. The molecule has 7 nitrogen and oxygen atoms in total. The molecule has 1 aromatic heterocycles. The number of methoxy groups -OCH3 is 1. The Balaban J connectivity index is 2.00. The van der Waals surface area contributed by atoms with Crippen LogP contribution in [0.25, 0.3) is 0 Å². The number of nitrogens with one attached hydrogen (secondary N) is 1. The third-order valence-electron chi connectivity index (χ3n) is 2.30. The number of rotatable bonds is 4. The second-order valence-corrected chi connectivity index (χ2v) is 4.15. The lowest BCUT2D eigenvalue weighted by Gasteiger charge is -2.07. The van der Waals surface area contributed by atoms with E-state index in [0.717, 1.165) is 0 Å². The predicted molar refractivity (Wildman–Crippen MR) is 71.1 cm³/mol. The van der Waals surface area contributed by atoms with Crippen molar-refractivity contribution in [3.63, 3.8) is 0 Å². The quantitative estimate of drug-likeness (QED) is 0.877. The Morgan fingerprint density at radius 2 is 2.37 bits per heavy atom. The third-order valence-corrected chi connectivity index (χ3v) is 2.59. The van der Waals surface area contributed by atoms with Crippen LogP contribution in [0.5, 0.6) is 5.75 Å². The fourth-order valence-corrected chi connectivity index (χ4v) is 1.74. The van der Waals surface area contributed by atoms with Crippen molar-refractivity contribution < 1.29 is 9.53 Å². The summed E-state index contributed by atoms with van der Waals surface area (Å²) in [6, 6.07) is 4.97. The largest absolute Gasteiger partial charge is 0.495 e. The van der Waals surface area contributed by atoms with Crippen LogP contribution in [0.15, 0.2) is 24.4 Å². The maximum atomic E-state index is 11.7. The standard InChI is InChI=1S/C11H12ClN5O2/c1-19-9-3-2-7(4-8(9)12)14-11(18)6-17-5-10(13)15-16-17/h2-5H,6,13H2,1H3,(H,14,18). The van der Waals surface area contributed by atoms with Gasteiger partial charge in [-0.15, -0.1) is 5.10 Å². The minimum absolute atomic E-state index is 0.0217. The molecule has 1 amide bonds. The van der Waals surface area contributed by atoms with Crippen LogP contribution in [0.1, 0.15) is 0 Å². The summed E-state index contributed by atoms with van der Waals surface area (Å²) in [5.41, 5.74) is 5.97. The maximum absolute atomic E-state index is 11.7. The SMILES string of the molecule is COc1ccc(NC(=O)Cn2cc(N)nn2)cc1Cl. The van der Waals surface area contributed by atoms with E-state index < -0.39 is 0 Å². The Morgan fingerprint density at radius 3 is 2.95 bits per heavy atom. The van der Waals surface area contributed by atoms with Crippen LogP contribution in [0, 0.1) is 0 Å². The number of carbonyl (C=O) groups excluding carboxylic acids is 1. The zero-order valence-electron chi connectivity index (χ0n) is 10.1. The van der Waals surface area contributed by atoms with Gasteiger partial charge in [0.25, 0.3) is 0 Å². The summed E-state index contributed by atoms with van der Waals surface area (Å²) in [4.78, 5) is 11.7. The number of aromatic nitrogens is 3. The molecule has 3 N–H and O–H groups in total. The molecular weight excluding hydrogens is 270 g/mol. The van der Waals surface area contributed by atoms with Gasteiger partial charge in [0.05, 0.1) is 18.3 Å². The van der Waals surface area contributed by atoms with Gasteiger partial charge in [-0.25, -0.2) is 4.68 Å². The Morgan fingerprint density at radius 1 is 1.58 bits per heavy atom. The van der Waals surface area contributed by atoms with E-state index in [1.807, 2.05) is 0 Å². The first-order valence-corrected chi connectivity index (χ1v) is 5.75. The predicted octanol–water partition coefficient (Wildman–Crippen LogP) is 1.16. The fraction of sp³-hybridized carbons (Fsp3) is 0.182. The molecule has 0 atom stereocenters. The highest BCUT2D eigenvalue weighted by Gasteiger charge is 2.07. The normalized spacial score (nSPS) is 10.2. The summed E-state index contributed by atoms with van der Waals surface area (Å²) in [7, 11) is 1.52. The highest BCUT2D eigenvalue weighted by molar-refractivity contribution is 6.32. The lowest BCUT2D eigenvalue weighted by atomic mass is 10.3. The van der Waals surface area contributed by atoms with Gasteiger partial charge in [-0.05, 0) is 18.2 Å². The van der Waals surface area contributed by atoms with Crippen LogP contribution in [0.4, 0.5) is 11.5 Å². The molecule has 0 aliphatic rings. The van der Waals surface area contributed by atoms with Gasteiger partial charge in [0.1, 0.15) is 12.3 Å². The molecular formula is C11H12ClN5O2. The molecule has 1 heterocycles. The summed E-state index contributed by atoms with van der Waals surface area (Å²) in [5, 5.41) is 10.4. The highest BCUT2D eigenvalue weighted by atomic mass is 35.5.